The number of benzene rings is 2. The van der Waals surface area contributed by atoms with Gasteiger partial charge in [0.15, 0.2) is 5.78 Å². The van der Waals surface area contributed by atoms with Crippen LogP contribution in [0.15, 0.2) is 66.1 Å². The number of rotatable bonds is 3. The standard InChI is InChI=1S/C27H26N2O3/c1-27(2)18-13-16-10-7-11-19-21(16)17(14-28(19)3)22(18)24-25(31)23(26(32)29(24)27)20(30)12-15-8-5-4-6-9-15/h4-11,14,18,22,24,31H,12-13H2,1-3H3/t18-,22+,24+/m1/s1. The maximum Gasteiger partial charge on any atom is 0.262 e. The number of hydrogen-bond donors (Lipinski definition) is 1. The number of carbonyl (C=O) groups is 2. The maximum absolute atomic E-state index is 13.6. The fourth-order valence-electron chi connectivity index (χ4n) is 6.53. The van der Waals surface area contributed by atoms with Crippen molar-refractivity contribution in [1.29, 1.82) is 0 Å². The SMILES string of the molecule is Cn1cc2c3c(cccc31)C[C@@H]1[C@H]2[C@H]2C(O)=C(C(=O)Cc3ccccc3)C(=O)N2C1(C)C. The van der Waals surface area contributed by atoms with Crippen LogP contribution in [0, 0.1) is 5.92 Å². The lowest BCUT2D eigenvalue weighted by atomic mass is 9.69. The molecule has 0 spiro atoms. The summed E-state index contributed by atoms with van der Waals surface area (Å²) >= 11 is 0. The Morgan fingerprint density at radius 2 is 1.88 bits per heavy atom. The Kier molecular flexibility index (Phi) is 3.84. The van der Waals surface area contributed by atoms with Crippen molar-refractivity contribution in [3.05, 3.63) is 82.8 Å². The van der Waals surface area contributed by atoms with E-state index in [2.05, 4.69) is 42.8 Å². The lowest BCUT2D eigenvalue weighted by Crippen LogP contribution is -2.47. The predicted molar refractivity (Wildman–Crippen MR) is 122 cm³/mol. The summed E-state index contributed by atoms with van der Waals surface area (Å²) in [6.45, 7) is 4.16. The molecule has 0 bridgehead atoms. The number of nitrogens with zero attached hydrogens (tertiary/aromatic N) is 2. The van der Waals surface area contributed by atoms with Crippen molar-refractivity contribution in [3.8, 4) is 0 Å². The zero-order valence-electron chi connectivity index (χ0n) is 18.5. The third kappa shape index (κ3) is 2.34. The van der Waals surface area contributed by atoms with E-state index in [1.165, 1.54) is 22.0 Å². The van der Waals surface area contributed by atoms with Gasteiger partial charge in [-0.1, -0.05) is 42.5 Å². The van der Waals surface area contributed by atoms with Crippen molar-refractivity contribution < 1.29 is 14.7 Å². The zero-order valence-corrected chi connectivity index (χ0v) is 18.5. The van der Waals surface area contributed by atoms with Crippen LogP contribution in [0.1, 0.15) is 36.5 Å². The Morgan fingerprint density at radius 1 is 1.12 bits per heavy atom. The quantitative estimate of drug-likeness (QED) is 0.643. The summed E-state index contributed by atoms with van der Waals surface area (Å²) in [6, 6.07) is 15.3. The minimum atomic E-state index is -0.490. The number of ketones is 1. The van der Waals surface area contributed by atoms with E-state index in [0.29, 0.717) is 0 Å². The molecule has 5 heteroatoms. The van der Waals surface area contributed by atoms with Gasteiger partial charge < -0.3 is 14.6 Å². The summed E-state index contributed by atoms with van der Waals surface area (Å²) < 4.78 is 2.13. The first-order valence-corrected chi connectivity index (χ1v) is 11.2. The highest BCUT2D eigenvalue weighted by atomic mass is 16.3. The summed E-state index contributed by atoms with van der Waals surface area (Å²) in [6.07, 6.45) is 3.11. The molecule has 32 heavy (non-hydrogen) atoms. The Bertz CT molecular complexity index is 1330. The van der Waals surface area contributed by atoms with E-state index in [1.807, 2.05) is 37.4 Å². The van der Waals surface area contributed by atoms with Gasteiger partial charge in [-0.3, -0.25) is 9.59 Å². The first-order valence-electron chi connectivity index (χ1n) is 11.2. The molecule has 0 radical (unpaired) electrons. The fourth-order valence-corrected chi connectivity index (χ4v) is 6.53. The first kappa shape index (κ1) is 19.4. The van der Waals surface area contributed by atoms with Crippen LogP contribution in [-0.2, 0) is 29.5 Å². The minimum Gasteiger partial charge on any atom is -0.509 e. The molecule has 3 atom stereocenters. The van der Waals surface area contributed by atoms with Gasteiger partial charge in [-0.15, -0.1) is 0 Å². The summed E-state index contributed by atoms with van der Waals surface area (Å²) in [7, 11) is 2.04. The first-order chi connectivity index (χ1) is 15.3. The number of amides is 1. The number of aliphatic hydroxyl groups excluding tert-OH is 1. The van der Waals surface area contributed by atoms with Crippen LogP contribution in [-0.4, -0.2) is 37.8 Å². The number of hydrogen-bond acceptors (Lipinski definition) is 3. The normalized spacial score (nSPS) is 25.4. The van der Waals surface area contributed by atoms with Crippen molar-refractivity contribution in [1.82, 2.24) is 9.47 Å². The Morgan fingerprint density at radius 3 is 2.62 bits per heavy atom. The Hall–Kier alpha value is -3.34. The van der Waals surface area contributed by atoms with Gasteiger partial charge in [0.25, 0.3) is 5.91 Å². The number of fused-ring (bicyclic) bond motifs is 4. The lowest BCUT2D eigenvalue weighted by Gasteiger charge is -2.37. The molecular weight excluding hydrogens is 400 g/mol. The van der Waals surface area contributed by atoms with Gasteiger partial charge in [0, 0.05) is 42.0 Å². The number of aliphatic hydroxyl groups is 1. The van der Waals surface area contributed by atoms with Gasteiger partial charge in [-0.25, -0.2) is 0 Å². The molecule has 0 unspecified atom stereocenters. The van der Waals surface area contributed by atoms with Crippen molar-refractivity contribution in [2.75, 3.05) is 0 Å². The van der Waals surface area contributed by atoms with Crippen LogP contribution in [0.2, 0.25) is 0 Å². The summed E-state index contributed by atoms with van der Waals surface area (Å²) in [5.74, 6) is -0.550. The van der Waals surface area contributed by atoms with E-state index >= 15 is 0 Å². The van der Waals surface area contributed by atoms with Gasteiger partial charge in [0.1, 0.15) is 11.3 Å². The van der Waals surface area contributed by atoms with Crippen molar-refractivity contribution in [2.45, 2.75) is 44.2 Å². The highest BCUT2D eigenvalue weighted by Crippen LogP contribution is 2.58. The molecule has 162 valence electrons. The minimum absolute atomic E-state index is 0.0311. The predicted octanol–water partition coefficient (Wildman–Crippen LogP) is 4.06. The molecule has 0 saturated carbocycles. The third-order valence-corrected chi connectivity index (χ3v) is 7.96. The molecule has 5 nitrogen and oxygen atoms in total. The second kappa shape index (κ2) is 6.35. The van der Waals surface area contributed by atoms with E-state index in [9.17, 15) is 14.7 Å². The average Bonchev–Trinajstić information content (AvgIpc) is 3.32. The van der Waals surface area contributed by atoms with Crippen molar-refractivity contribution in [3.63, 3.8) is 0 Å². The fraction of sp³-hybridized carbons (Fsp3) is 0.333. The summed E-state index contributed by atoms with van der Waals surface area (Å²) in [5, 5.41) is 12.6. The van der Waals surface area contributed by atoms with Crippen LogP contribution in [0.3, 0.4) is 0 Å². The van der Waals surface area contributed by atoms with Gasteiger partial charge in [0.05, 0.1) is 6.04 Å². The summed E-state index contributed by atoms with van der Waals surface area (Å²) in [4.78, 5) is 28.5. The molecule has 1 aromatic heterocycles. The third-order valence-electron chi connectivity index (χ3n) is 7.96. The van der Waals surface area contributed by atoms with Crippen LogP contribution >= 0.6 is 0 Å². The average molecular weight is 427 g/mol. The van der Waals surface area contributed by atoms with Crippen LogP contribution < -0.4 is 0 Å². The van der Waals surface area contributed by atoms with E-state index in [0.717, 1.165) is 12.0 Å². The largest absolute Gasteiger partial charge is 0.509 e. The number of carbonyl (C=O) groups excluding carboxylic acids is 2. The topological polar surface area (TPSA) is 62.5 Å². The molecule has 1 aliphatic carbocycles. The molecule has 2 aliphatic heterocycles. The zero-order chi connectivity index (χ0) is 22.4. The van der Waals surface area contributed by atoms with Gasteiger partial charge >= 0.3 is 0 Å². The number of aryl methyl sites for hydroxylation is 1. The van der Waals surface area contributed by atoms with Gasteiger partial charge in [0.2, 0.25) is 0 Å². The van der Waals surface area contributed by atoms with Gasteiger partial charge in [-0.2, -0.15) is 0 Å². The van der Waals surface area contributed by atoms with Crippen LogP contribution in [0.25, 0.3) is 10.9 Å². The molecule has 3 aromatic rings. The van der Waals surface area contributed by atoms with Crippen molar-refractivity contribution in [2.24, 2.45) is 13.0 Å². The monoisotopic (exact) mass is 426 g/mol. The molecular formula is C27H26N2O3. The second-order valence-electron chi connectivity index (χ2n) is 9.96. The summed E-state index contributed by atoms with van der Waals surface area (Å²) in [5.41, 5.74) is 3.96. The Balaban J connectivity index is 1.48. The number of Topliss-reactive ketones (excluding diaryl/α,β-unsaturated/α-hetero) is 1. The molecule has 3 heterocycles. The maximum atomic E-state index is 13.6. The van der Waals surface area contributed by atoms with E-state index < -0.39 is 11.6 Å². The van der Waals surface area contributed by atoms with Crippen LogP contribution in [0.5, 0.6) is 0 Å². The second-order valence-corrected chi connectivity index (χ2v) is 9.96. The van der Waals surface area contributed by atoms with Crippen LogP contribution in [0.4, 0.5) is 0 Å². The van der Waals surface area contributed by atoms with Crippen molar-refractivity contribution >= 4 is 22.6 Å². The van der Waals surface area contributed by atoms with E-state index in [-0.39, 0.29) is 41.3 Å². The molecule has 3 aliphatic rings. The molecule has 1 amide bonds. The molecule has 1 saturated heterocycles. The highest BCUT2D eigenvalue weighted by molar-refractivity contribution is 6.22. The molecule has 1 N–H and O–H groups in total. The molecule has 6 rings (SSSR count). The van der Waals surface area contributed by atoms with E-state index in [1.54, 1.807) is 4.90 Å². The molecule has 1 fully saturated rings. The molecule has 2 aromatic carbocycles. The highest BCUT2D eigenvalue weighted by Gasteiger charge is 2.63. The smallest absolute Gasteiger partial charge is 0.262 e. The van der Waals surface area contributed by atoms with Gasteiger partial charge in [-0.05, 0) is 48.9 Å². The number of aromatic nitrogens is 1. The lowest BCUT2D eigenvalue weighted by molar-refractivity contribution is -0.132. The Labute approximate surface area is 187 Å². The van der Waals surface area contributed by atoms with E-state index in [4.69, 9.17) is 0 Å².